The maximum Gasteiger partial charge on any atom is 0.308 e. The van der Waals surface area contributed by atoms with Crippen LogP contribution in [0.15, 0.2) is 24.3 Å². The average molecular weight is 163 g/mol. The molecule has 3 nitrogen and oxygen atoms in total. The van der Waals surface area contributed by atoms with Crippen LogP contribution in [-0.2, 0) is 9.59 Å². The zero-order valence-electron chi connectivity index (χ0n) is 6.53. The lowest BCUT2D eigenvalue weighted by molar-refractivity contribution is -0.131. The van der Waals surface area contributed by atoms with Crippen molar-refractivity contribution < 1.29 is 14.3 Å². The molecule has 0 fully saturated rings. The van der Waals surface area contributed by atoms with Gasteiger partial charge in [-0.1, -0.05) is 0 Å². The molecule has 0 bridgehead atoms. The molecule has 0 unspecified atom stereocenters. The maximum absolute atomic E-state index is 10.5. The second-order valence-electron chi connectivity index (χ2n) is 2.22. The van der Waals surface area contributed by atoms with Crippen molar-refractivity contribution in [2.45, 2.75) is 6.92 Å². The van der Waals surface area contributed by atoms with Crippen molar-refractivity contribution in [3.05, 3.63) is 29.8 Å². The Balaban J connectivity index is 2.77. The second kappa shape index (κ2) is 3.67. The highest BCUT2D eigenvalue weighted by molar-refractivity contribution is 5.76. The van der Waals surface area contributed by atoms with Gasteiger partial charge in [0.05, 0.1) is 0 Å². The molecule has 0 aliphatic rings. The third-order valence-corrected chi connectivity index (χ3v) is 1.23. The van der Waals surface area contributed by atoms with E-state index in [0.717, 1.165) is 0 Å². The number of ether oxygens (including phenoxy) is 1. The van der Waals surface area contributed by atoms with Gasteiger partial charge < -0.3 is 4.74 Å². The van der Waals surface area contributed by atoms with Crippen molar-refractivity contribution in [2.75, 3.05) is 0 Å². The van der Waals surface area contributed by atoms with Crippen LogP contribution in [0.2, 0.25) is 0 Å². The molecule has 0 atom stereocenters. The Morgan fingerprint density at radius 2 is 1.92 bits per heavy atom. The summed E-state index contributed by atoms with van der Waals surface area (Å²) in [5, 5.41) is 0. The van der Waals surface area contributed by atoms with Crippen LogP contribution in [0, 0.1) is 0 Å². The summed E-state index contributed by atoms with van der Waals surface area (Å²) >= 11 is 0. The minimum absolute atomic E-state index is 0.377. The molecule has 0 aliphatic carbocycles. The SMILES string of the molecule is CC(=O)Oc1ccc([C]=O)cc1. The molecule has 0 heterocycles. The summed E-state index contributed by atoms with van der Waals surface area (Å²) < 4.78 is 4.74. The minimum Gasteiger partial charge on any atom is -0.427 e. The van der Waals surface area contributed by atoms with Crippen LogP contribution < -0.4 is 4.74 Å². The summed E-state index contributed by atoms with van der Waals surface area (Å²) in [7, 11) is 0. The van der Waals surface area contributed by atoms with E-state index >= 15 is 0 Å². The third kappa shape index (κ3) is 2.20. The molecule has 0 spiro atoms. The van der Waals surface area contributed by atoms with Crippen LogP contribution in [-0.4, -0.2) is 12.3 Å². The molecular weight excluding hydrogens is 156 g/mol. The summed E-state index contributed by atoms with van der Waals surface area (Å²) in [5.74, 6) is 0.0549. The summed E-state index contributed by atoms with van der Waals surface area (Å²) in [5.41, 5.74) is 0.436. The van der Waals surface area contributed by atoms with Crippen LogP contribution in [0.3, 0.4) is 0 Å². The van der Waals surface area contributed by atoms with Gasteiger partial charge >= 0.3 is 5.97 Å². The van der Waals surface area contributed by atoms with Crippen LogP contribution in [0.1, 0.15) is 12.5 Å². The van der Waals surface area contributed by atoms with Gasteiger partial charge in [0, 0.05) is 12.5 Å². The number of rotatable bonds is 2. The quantitative estimate of drug-likeness (QED) is 0.483. The number of hydrogen-bond donors (Lipinski definition) is 0. The lowest BCUT2D eigenvalue weighted by atomic mass is 10.2. The predicted molar refractivity (Wildman–Crippen MR) is 42.5 cm³/mol. The van der Waals surface area contributed by atoms with E-state index < -0.39 is 0 Å². The van der Waals surface area contributed by atoms with Gasteiger partial charge in [-0.15, -0.1) is 0 Å². The Kier molecular flexibility index (Phi) is 2.58. The zero-order valence-corrected chi connectivity index (χ0v) is 6.53. The van der Waals surface area contributed by atoms with Crippen molar-refractivity contribution in [3.63, 3.8) is 0 Å². The Labute approximate surface area is 70.0 Å². The van der Waals surface area contributed by atoms with Crippen LogP contribution in [0.5, 0.6) is 5.75 Å². The van der Waals surface area contributed by atoms with Gasteiger partial charge in [0.1, 0.15) is 5.75 Å². The number of hydrogen-bond acceptors (Lipinski definition) is 3. The van der Waals surface area contributed by atoms with E-state index in [2.05, 4.69) is 0 Å². The van der Waals surface area contributed by atoms with E-state index in [-0.39, 0.29) is 5.97 Å². The molecule has 0 saturated carbocycles. The molecule has 3 heteroatoms. The van der Waals surface area contributed by atoms with E-state index in [1.165, 1.54) is 19.1 Å². The van der Waals surface area contributed by atoms with Gasteiger partial charge in [-0.25, -0.2) is 0 Å². The molecule has 1 aromatic rings. The highest BCUT2D eigenvalue weighted by Gasteiger charge is 1.97. The number of carbonyl (C=O) groups excluding carboxylic acids is 2. The Morgan fingerprint density at radius 3 is 2.33 bits per heavy atom. The predicted octanol–water partition coefficient (Wildman–Crippen LogP) is 1.07. The topological polar surface area (TPSA) is 43.4 Å². The van der Waals surface area contributed by atoms with Crippen LogP contribution in [0.25, 0.3) is 0 Å². The summed E-state index contributed by atoms with van der Waals surface area (Å²) in [6.07, 6.45) is 1.72. The maximum atomic E-state index is 10.5. The van der Waals surface area contributed by atoms with Crippen LogP contribution in [0.4, 0.5) is 0 Å². The first-order chi connectivity index (χ1) is 5.72. The Morgan fingerprint density at radius 1 is 1.33 bits per heavy atom. The molecule has 61 valence electrons. The number of benzene rings is 1. The highest BCUT2D eigenvalue weighted by atomic mass is 16.5. The molecule has 1 aromatic carbocycles. The smallest absolute Gasteiger partial charge is 0.308 e. The lowest BCUT2D eigenvalue weighted by Crippen LogP contribution is -2.00. The summed E-state index contributed by atoms with van der Waals surface area (Å²) in [6.45, 7) is 1.32. The molecule has 0 saturated heterocycles. The van der Waals surface area contributed by atoms with Crippen molar-refractivity contribution in [3.8, 4) is 5.75 Å². The van der Waals surface area contributed by atoms with Crippen molar-refractivity contribution >= 4 is 12.3 Å². The first-order valence-corrected chi connectivity index (χ1v) is 3.39. The third-order valence-electron chi connectivity index (χ3n) is 1.23. The molecule has 1 rings (SSSR count). The van der Waals surface area contributed by atoms with Crippen molar-refractivity contribution in [1.82, 2.24) is 0 Å². The minimum atomic E-state index is -0.377. The second-order valence-corrected chi connectivity index (χ2v) is 2.22. The standard InChI is InChI=1S/C9H7O3/c1-7(11)12-9-4-2-8(6-10)3-5-9/h2-5H,1H3. The van der Waals surface area contributed by atoms with Crippen molar-refractivity contribution in [1.29, 1.82) is 0 Å². The van der Waals surface area contributed by atoms with Crippen LogP contribution >= 0.6 is 0 Å². The van der Waals surface area contributed by atoms with Gasteiger partial charge in [0.25, 0.3) is 0 Å². The lowest BCUT2D eigenvalue weighted by Gasteiger charge is -1.98. The fourth-order valence-electron chi connectivity index (χ4n) is 0.757. The molecule has 0 amide bonds. The van der Waals surface area contributed by atoms with Gasteiger partial charge in [0.15, 0.2) is 0 Å². The monoisotopic (exact) mass is 163 g/mol. The molecule has 12 heavy (non-hydrogen) atoms. The van der Waals surface area contributed by atoms with Gasteiger partial charge in [-0.3, -0.25) is 9.59 Å². The molecule has 0 aliphatic heterocycles. The van der Waals surface area contributed by atoms with E-state index in [1.807, 2.05) is 0 Å². The number of carbonyl (C=O) groups is 1. The van der Waals surface area contributed by atoms with Gasteiger partial charge in [0.2, 0.25) is 6.29 Å². The normalized spacial score (nSPS) is 9.08. The first kappa shape index (κ1) is 8.46. The largest absolute Gasteiger partial charge is 0.427 e. The summed E-state index contributed by atoms with van der Waals surface area (Å²) in [6, 6.07) is 6.15. The van der Waals surface area contributed by atoms with E-state index in [1.54, 1.807) is 18.4 Å². The fraction of sp³-hybridized carbons (Fsp3) is 0.111. The average Bonchev–Trinajstić information content (AvgIpc) is 2.05. The van der Waals surface area contributed by atoms with Gasteiger partial charge in [-0.05, 0) is 24.3 Å². The highest BCUT2D eigenvalue weighted by Crippen LogP contribution is 2.10. The van der Waals surface area contributed by atoms with E-state index in [0.29, 0.717) is 11.3 Å². The van der Waals surface area contributed by atoms with Gasteiger partial charge in [-0.2, -0.15) is 0 Å². The van der Waals surface area contributed by atoms with E-state index in [9.17, 15) is 9.59 Å². The molecule has 0 aromatic heterocycles. The zero-order chi connectivity index (χ0) is 8.97. The molecule has 0 N–H and O–H groups in total. The van der Waals surface area contributed by atoms with Crippen molar-refractivity contribution in [2.24, 2.45) is 0 Å². The summed E-state index contributed by atoms with van der Waals surface area (Å²) in [4.78, 5) is 20.6. The molecular formula is C9H7O3. The first-order valence-electron chi connectivity index (χ1n) is 3.39. The number of esters is 1. The Bertz CT molecular complexity index is 287. The van der Waals surface area contributed by atoms with E-state index in [4.69, 9.17) is 4.74 Å². The fourth-order valence-corrected chi connectivity index (χ4v) is 0.757. The molecule has 1 radical (unpaired) electrons. The Hall–Kier alpha value is -1.64.